The second-order valence-electron chi connectivity index (χ2n) is 6.79. The smallest absolute Gasteiger partial charge is 0.269 e. The minimum Gasteiger partial charge on any atom is -0.373 e. The van der Waals surface area contributed by atoms with E-state index in [1.807, 2.05) is 24.3 Å². The van der Waals surface area contributed by atoms with Gasteiger partial charge >= 0.3 is 0 Å². The molecule has 4 rings (SSSR count). The van der Waals surface area contributed by atoms with Crippen molar-refractivity contribution in [1.29, 1.82) is 0 Å². The number of ether oxygens (including phenoxy) is 1. The fourth-order valence-electron chi connectivity index (χ4n) is 4.00. The van der Waals surface area contributed by atoms with Crippen LogP contribution in [-0.4, -0.2) is 29.1 Å². The number of amides is 1. The molecule has 122 valence electrons. The fraction of sp³-hybridized carbons (Fsp3) is 0.500. The minimum absolute atomic E-state index is 0.000437. The normalized spacial score (nSPS) is 23.4. The van der Waals surface area contributed by atoms with Crippen molar-refractivity contribution in [3.8, 4) is 0 Å². The van der Waals surface area contributed by atoms with Gasteiger partial charge in [-0.15, -0.1) is 0 Å². The molecule has 1 aromatic carbocycles. The first kappa shape index (κ1) is 15.0. The molecule has 1 saturated heterocycles. The molecular weight excluding hydrogens is 312 g/mol. The lowest BCUT2D eigenvalue weighted by atomic mass is 9.82. The number of rotatable bonds is 2. The zero-order chi connectivity index (χ0) is 15.9. The van der Waals surface area contributed by atoms with Gasteiger partial charge in [0, 0.05) is 10.9 Å². The molecule has 0 bridgehead atoms. The molecule has 1 saturated carbocycles. The Morgan fingerprint density at radius 1 is 1.26 bits per heavy atom. The van der Waals surface area contributed by atoms with Crippen LogP contribution in [-0.2, 0) is 4.74 Å². The van der Waals surface area contributed by atoms with E-state index in [-0.39, 0.29) is 17.6 Å². The summed E-state index contributed by atoms with van der Waals surface area (Å²) in [4.78, 5) is 15.7. The lowest BCUT2D eigenvalue weighted by Crippen LogP contribution is -2.37. The average molecular weight is 333 g/mol. The standard InChI is InChI=1S/C18H21ClN2O2/c19-15-13-6-2-3-7-14(13)21-16(15)17(22)20-12-10-18(23-11-12)8-4-1-5-9-18/h2-3,6-7,12,21H,1,4-5,8-11H2,(H,20,22). The maximum Gasteiger partial charge on any atom is 0.269 e. The summed E-state index contributed by atoms with van der Waals surface area (Å²) in [6.07, 6.45) is 6.91. The first-order valence-corrected chi connectivity index (χ1v) is 8.76. The molecule has 5 heteroatoms. The van der Waals surface area contributed by atoms with Crippen molar-refractivity contribution in [2.75, 3.05) is 6.61 Å². The van der Waals surface area contributed by atoms with Gasteiger partial charge in [-0.1, -0.05) is 49.1 Å². The molecule has 1 amide bonds. The van der Waals surface area contributed by atoms with Crippen molar-refractivity contribution >= 4 is 28.4 Å². The van der Waals surface area contributed by atoms with E-state index in [1.165, 1.54) is 19.3 Å². The Balaban J connectivity index is 1.48. The van der Waals surface area contributed by atoms with Gasteiger partial charge in [-0.3, -0.25) is 4.79 Å². The number of fused-ring (bicyclic) bond motifs is 1. The monoisotopic (exact) mass is 332 g/mol. The number of nitrogens with one attached hydrogen (secondary N) is 2. The van der Waals surface area contributed by atoms with E-state index in [0.717, 1.165) is 30.2 Å². The highest BCUT2D eigenvalue weighted by Crippen LogP contribution is 2.39. The zero-order valence-electron chi connectivity index (χ0n) is 13.0. The van der Waals surface area contributed by atoms with Gasteiger partial charge < -0.3 is 15.0 Å². The van der Waals surface area contributed by atoms with E-state index >= 15 is 0 Å². The number of aromatic amines is 1. The predicted octanol–water partition coefficient (Wildman–Crippen LogP) is 4.04. The first-order valence-electron chi connectivity index (χ1n) is 8.38. The summed E-state index contributed by atoms with van der Waals surface area (Å²) in [5, 5.41) is 4.46. The summed E-state index contributed by atoms with van der Waals surface area (Å²) < 4.78 is 6.06. The quantitative estimate of drug-likeness (QED) is 0.872. The average Bonchev–Trinajstić information content (AvgIpc) is 3.10. The first-order chi connectivity index (χ1) is 11.2. The summed E-state index contributed by atoms with van der Waals surface area (Å²) in [6.45, 7) is 0.601. The number of carbonyl (C=O) groups excluding carboxylic acids is 1. The van der Waals surface area contributed by atoms with Crippen molar-refractivity contribution in [2.24, 2.45) is 0 Å². The SMILES string of the molecule is O=C(NC1COC2(CCCCC2)C1)c1[nH]c2ccccc2c1Cl. The van der Waals surface area contributed by atoms with Crippen LogP contribution in [0.15, 0.2) is 24.3 Å². The van der Waals surface area contributed by atoms with E-state index in [9.17, 15) is 4.79 Å². The van der Waals surface area contributed by atoms with Crippen molar-refractivity contribution in [3.63, 3.8) is 0 Å². The largest absolute Gasteiger partial charge is 0.373 e. The topological polar surface area (TPSA) is 54.1 Å². The van der Waals surface area contributed by atoms with Crippen LogP contribution in [0.1, 0.15) is 49.0 Å². The second kappa shape index (κ2) is 5.84. The fourth-order valence-corrected chi connectivity index (χ4v) is 4.30. The third kappa shape index (κ3) is 2.74. The number of benzene rings is 1. The lowest BCUT2D eigenvalue weighted by molar-refractivity contribution is -0.0246. The number of H-pyrrole nitrogens is 1. The Labute approximate surface area is 140 Å². The van der Waals surface area contributed by atoms with Crippen molar-refractivity contribution in [3.05, 3.63) is 35.0 Å². The molecule has 1 aromatic heterocycles. The van der Waals surface area contributed by atoms with Gasteiger partial charge in [0.2, 0.25) is 0 Å². The number of carbonyl (C=O) groups is 1. The van der Waals surface area contributed by atoms with Gasteiger partial charge in [0.05, 0.1) is 23.3 Å². The van der Waals surface area contributed by atoms with Crippen LogP contribution < -0.4 is 5.32 Å². The highest BCUT2D eigenvalue weighted by molar-refractivity contribution is 6.38. The lowest BCUT2D eigenvalue weighted by Gasteiger charge is -2.32. The Hall–Kier alpha value is -1.52. The summed E-state index contributed by atoms with van der Waals surface area (Å²) in [5.41, 5.74) is 1.33. The van der Waals surface area contributed by atoms with E-state index < -0.39 is 0 Å². The van der Waals surface area contributed by atoms with Gasteiger partial charge in [0.25, 0.3) is 5.91 Å². The van der Waals surface area contributed by atoms with Crippen LogP contribution in [0.25, 0.3) is 10.9 Å². The Morgan fingerprint density at radius 3 is 2.83 bits per heavy atom. The Kier molecular flexibility index (Phi) is 3.82. The van der Waals surface area contributed by atoms with Gasteiger partial charge in [-0.2, -0.15) is 0 Å². The zero-order valence-corrected chi connectivity index (χ0v) is 13.8. The minimum atomic E-state index is -0.146. The van der Waals surface area contributed by atoms with Gasteiger partial charge in [0.1, 0.15) is 5.69 Å². The van der Waals surface area contributed by atoms with E-state index in [4.69, 9.17) is 16.3 Å². The van der Waals surface area contributed by atoms with Gasteiger partial charge in [0.15, 0.2) is 0 Å². The molecule has 23 heavy (non-hydrogen) atoms. The van der Waals surface area contributed by atoms with E-state index in [0.29, 0.717) is 17.3 Å². The van der Waals surface area contributed by atoms with Gasteiger partial charge in [-0.25, -0.2) is 0 Å². The summed E-state index contributed by atoms with van der Waals surface area (Å²) in [5.74, 6) is -0.146. The van der Waals surface area contributed by atoms with Crippen LogP contribution in [0.4, 0.5) is 0 Å². The highest BCUT2D eigenvalue weighted by Gasteiger charge is 2.41. The molecule has 2 fully saturated rings. The summed E-state index contributed by atoms with van der Waals surface area (Å²) in [6, 6.07) is 7.76. The highest BCUT2D eigenvalue weighted by atomic mass is 35.5. The third-order valence-electron chi connectivity index (χ3n) is 5.18. The Bertz CT molecular complexity index is 734. The number of halogens is 1. The van der Waals surface area contributed by atoms with Crippen LogP contribution in [0.3, 0.4) is 0 Å². The number of hydrogen-bond donors (Lipinski definition) is 2. The van der Waals surface area contributed by atoms with Crippen molar-refractivity contribution < 1.29 is 9.53 Å². The van der Waals surface area contributed by atoms with E-state index in [2.05, 4.69) is 10.3 Å². The van der Waals surface area contributed by atoms with Crippen LogP contribution in [0, 0.1) is 0 Å². The predicted molar refractivity (Wildman–Crippen MR) is 90.9 cm³/mol. The number of hydrogen-bond acceptors (Lipinski definition) is 2. The second-order valence-corrected chi connectivity index (χ2v) is 7.17. The molecule has 4 nitrogen and oxygen atoms in total. The molecule has 0 radical (unpaired) electrons. The molecule has 1 atom stereocenters. The molecule has 1 aliphatic carbocycles. The Morgan fingerprint density at radius 2 is 2.04 bits per heavy atom. The third-order valence-corrected chi connectivity index (χ3v) is 5.57. The molecular formula is C18H21ClN2O2. The van der Waals surface area contributed by atoms with Crippen LogP contribution in [0.2, 0.25) is 5.02 Å². The molecule has 2 aliphatic rings. The molecule has 2 N–H and O–H groups in total. The molecule has 1 aliphatic heterocycles. The summed E-state index contributed by atoms with van der Waals surface area (Å²) >= 11 is 6.36. The maximum atomic E-state index is 12.6. The number of para-hydroxylation sites is 1. The molecule has 2 aromatic rings. The number of aromatic nitrogens is 1. The van der Waals surface area contributed by atoms with Crippen molar-refractivity contribution in [1.82, 2.24) is 10.3 Å². The van der Waals surface area contributed by atoms with Crippen LogP contribution in [0.5, 0.6) is 0 Å². The van der Waals surface area contributed by atoms with E-state index in [1.54, 1.807) is 0 Å². The van der Waals surface area contributed by atoms with Crippen molar-refractivity contribution in [2.45, 2.75) is 50.2 Å². The van der Waals surface area contributed by atoms with Crippen LogP contribution >= 0.6 is 11.6 Å². The maximum absolute atomic E-state index is 12.6. The molecule has 1 unspecified atom stereocenters. The molecule has 2 heterocycles. The molecule has 1 spiro atoms. The summed E-state index contributed by atoms with van der Waals surface area (Å²) in [7, 11) is 0. The van der Waals surface area contributed by atoms with Gasteiger partial charge in [-0.05, 0) is 25.3 Å².